The van der Waals surface area contributed by atoms with Gasteiger partial charge in [0.25, 0.3) is 10.0 Å². The Morgan fingerprint density at radius 3 is 2.84 bits per heavy atom. The average molecular weight is 434 g/mol. The molecule has 31 heavy (non-hydrogen) atoms. The summed E-state index contributed by atoms with van der Waals surface area (Å²) >= 11 is 0. The molecular weight excluding hydrogens is 410 g/mol. The zero-order chi connectivity index (χ0) is 20.9. The molecule has 2 fully saturated rings. The largest absolute Gasteiger partial charge is 0.378 e. The highest BCUT2D eigenvalue weighted by atomic mass is 32.2. The Hall–Kier alpha value is -2.87. The van der Waals surface area contributed by atoms with Crippen molar-refractivity contribution in [3.63, 3.8) is 0 Å². The number of nitrogens with one attached hydrogen (secondary N) is 2. The van der Waals surface area contributed by atoms with Gasteiger partial charge in [0.05, 0.1) is 35.7 Å². The van der Waals surface area contributed by atoms with Crippen molar-refractivity contribution in [1.29, 1.82) is 0 Å². The molecule has 8 heteroatoms. The van der Waals surface area contributed by atoms with Crippen molar-refractivity contribution >= 4 is 37.5 Å². The second kappa shape index (κ2) is 5.88. The molecular formula is C23H23N5O2S. The van der Waals surface area contributed by atoms with Crippen LogP contribution >= 0.6 is 0 Å². The Balaban J connectivity index is 1.43. The first kappa shape index (κ1) is 17.8. The van der Waals surface area contributed by atoms with Crippen LogP contribution in [0.3, 0.4) is 0 Å². The highest BCUT2D eigenvalue weighted by molar-refractivity contribution is 7.89. The Kier molecular flexibility index (Phi) is 3.37. The summed E-state index contributed by atoms with van der Waals surface area (Å²) in [6, 6.07) is 10.8. The van der Waals surface area contributed by atoms with Gasteiger partial charge in [-0.3, -0.25) is 5.10 Å². The van der Waals surface area contributed by atoms with Gasteiger partial charge in [0, 0.05) is 16.5 Å². The zero-order valence-electron chi connectivity index (χ0n) is 17.1. The van der Waals surface area contributed by atoms with Crippen LogP contribution in [0.25, 0.3) is 21.8 Å². The fraction of sp³-hybridized carbons (Fsp3) is 0.391. The van der Waals surface area contributed by atoms with Gasteiger partial charge >= 0.3 is 0 Å². The number of anilines is 1. The van der Waals surface area contributed by atoms with Crippen LogP contribution in [0.15, 0.2) is 42.7 Å². The van der Waals surface area contributed by atoms with Gasteiger partial charge < -0.3 is 5.32 Å². The van der Waals surface area contributed by atoms with Crippen molar-refractivity contribution < 1.29 is 8.42 Å². The van der Waals surface area contributed by atoms with Crippen LogP contribution in [-0.2, 0) is 10.0 Å². The zero-order valence-corrected chi connectivity index (χ0v) is 17.9. The van der Waals surface area contributed by atoms with Gasteiger partial charge in [-0.25, -0.2) is 8.42 Å². The van der Waals surface area contributed by atoms with Crippen molar-refractivity contribution in [3.05, 3.63) is 53.9 Å². The molecule has 7 rings (SSSR count). The minimum Gasteiger partial charge on any atom is -0.378 e. The van der Waals surface area contributed by atoms with Gasteiger partial charge in [-0.2, -0.15) is 14.3 Å². The molecule has 3 aliphatic rings. The number of aromatic nitrogens is 4. The molecule has 2 aliphatic carbocycles. The molecule has 2 aromatic carbocycles. The maximum atomic E-state index is 12.2. The molecule has 0 radical (unpaired) electrons. The van der Waals surface area contributed by atoms with E-state index >= 15 is 0 Å². The number of fused-ring (bicyclic) bond motifs is 10. The van der Waals surface area contributed by atoms with Crippen LogP contribution in [0.2, 0.25) is 0 Å². The number of hydrogen-bond acceptors (Lipinski definition) is 5. The van der Waals surface area contributed by atoms with Crippen LogP contribution in [-0.4, -0.2) is 34.1 Å². The molecule has 4 aromatic rings. The van der Waals surface area contributed by atoms with Gasteiger partial charge in [0.2, 0.25) is 0 Å². The molecule has 1 aliphatic heterocycles. The summed E-state index contributed by atoms with van der Waals surface area (Å²) in [7, 11) is -3.44. The Bertz CT molecular complexity index is 1470. The van der Waals surface area contributed by atoms with E-state index in [1.807, 2.05) is 18.3 Å². The summed E-state index contributed by atoms with van der Waals surface area (Å²) in [6.07, 6.45) is 8.65. The predicted molar refractivity (Wildman–Crippen MR) is 119 cm³/mol. The summed E-state index contributed by atoms with van der Waals surface area (Å²) < 4.78 is 25.6. The summed E-state index contributed by atoms with van der Waals surface area (Å²) in [5, 5.41) is 17.4. The highest BCUT2D eigenvalue weighted by Crippen LogP contribution is 2.64. The van der Waals surface area contributed by atoms with Crippen LogP contribution in [0.5, 0.6) is 0 Å². The first-order valence-corrected chi connectivity index (χ1v) is 12.7. The fourth-order valence-corrected chi connectivity index (χ4v) is 7.55. The van der Waals surface area contributed by atoms with Crippen molar-refractivity contribution in [2.45, 2.75) is 31.2 Å². The number of H-pyrrole nitrogens is 1. The maximum absolute atomic E-state index is 12.2. The summed E-state index contributed by atoms with van der Waals surface area (Å²) in [6.45, 7) is 0. The van der Waals surface area contributed by atoms with Crippen molar-refractivity contribution in [3.8, 4) is 0 Å². The number of benzene rings is 2. The van der Waals surface area contributed by atoms with Crippen LogP contribution in [0.1, 0.15) is 42.3 Å². The van der Waals surface area contributed by atoms with E-state index in [0.717, 1.165) is 22.0 Å². The lowest BCUT2D eigenvalue weighted by Crippen LogP contribution is -2.35. The molecule has 2 aromatic heterocycles. The fourth-order valence-electron chi connectivity index (χ4n) is 6.82. The second-order valence-corrected chi connectivity index (χ2v) is 11.3. The predicted octanol–water partition coefficient (Wildman–Crippen LogP) is 4.02. The lowest BCUT2D eigenvalue weighted by atomic mass is 9.67. The summed E-state index contributed by atoms with van der Waals surface area (Å²) in [5.74, 6) is 2.29. The highest BCUT2D eigenvalue weighted by Gasteiger charge is 2.54. The minimum absolute atomic E-state index is 0.245. The van der Waals surface area contributed by atoms with Crippen LogP contribution in [0, 0.1) is 17.8 Å². The van der Waals surface area contributed by atoms with Gasteiger partial charge in [0.15, 0.2) is 0 Å². The first-order valence-electron chi connectivity index (χ1n) is 10.9. The summed E-state index contributed by atoms with van der Waals surface area (Å²) in [5.41, 5.74) is 5.42. The third kappa shape index (κ3) is 2.36. The van der Waals surface area contributed by atoms with Gasteiger partial charge in [-0.1, -0.05) is 6.07 Å². The van der Waals surface area contributed by atoms with E-state index in [-0.39, 0.29) is 6.04 Å². The van der Waals surface area contributed by atoms with E-state index in [2.05, 4.69) is 38.8 Å². The van der Waals surface area contributed by atoms with Gasteiger partial charge in [-0.15, -0.1) is 0 Å². The molecule has 2 saturated carbocycles. The van der Waals surface area contributed by atoms with E-state index in [1.165, 1.54) is 40.7 Å². The van der Waals surface area contributed by atoms with Crippen molar-refractivity contribution in [2.75, 3.05) is 11.6 Å². The molecule has 3 unspecified atom stereocenters. The van der Waals surface area contributed by atoms with Crippen LogP contribution in [0.4, 0.5) is 5.69 Å². The standard InChI is InChI=1S/C23H23N5O2S/c1-31(29,30)28-19-7-6-18-22(16(19)11-25-28)20-12-2-3-13(8-12)21(20)23(26-18)14-4-5-17-15(9-14)10-24-27-17/h4-7,9-13,20-21,23,26H,2-3,8H2,1H3,(H,24,27)/t12?,13?,20-,21+,23?/m0/s1. The van der Waals surface area contributed by atoms with Crippen molar-refractivity contribution in [2.24, 2.45) is 17.8 Å². The molecule has 3 heterocycles. The number of nitrogens with zero attached hydrogens (tertiary/aromatic N) is 3. The lowest BCUT2D eigenvalue weighted by molar-refractivity contribution is 0.249. The average Bonchev–Trinajstić information content (AvgIpc) is 3.54. The lowest BCUT2D eigenvalue weighted by Gasteiger charge is -2.43. The topological polar surface area (TPSA) is 92.7 Å². The van der Waals surface area contributed by atoms with E-state index in [0.29, 0.717) is 29.2 Å². The molecule has 0 amide bonds. The molecule has 5 atom stereocenters. The third-order valence-corrected chi connectivity index (χ3v) is 8.83. The Labute approximate surface area is 179 Å². The molecule has 0 spiro atoms. The van der Waals surface area contributed by atoms with Gasteiger partial charge in [0.1, 0.15) is 0 Å². The smallest absolute Gasteiger partial charge is 0.251 e. The normalized spacial score (nSPS) is 29.3. The number of aromatic amines is 1. The molecule has 7 nitrogen and oxygen atoms in total. The van der Waals surface area contributed by atoms with E-state index in [1.54, 1.807) is 6.20 Å². The van der Waals surface area contributed by atoms with E-state index in [9.17, 15) is 8.42 Å². The quantitative estimate of drug-likeness (QED) is 0.498. The molecule has 158 valence electrons. The molecule has 0 saturated heterocycles. The Morgan fingerprint density at radius 2 is 1.97 bits per heavy atom. The monoisotopic (exact) mass is 433 g/mol. The van der Waals surface area contributed by atoms with Crippen LogP contribution < -0.4 is 5.32 Å². The maximum Gasteiger partial charge on any atom is 0.251 e. The molecule has 2 N–H and O–H groups in total. The molecule has 2 bridgehead atoms. The van der Waals surface area contributed by atoms with Gasteiger partial charge in [-0.05, 0) is 78.3 Å². The second-order valence-electron chi connectivity index (χ2n) is 9.49. The van der Waals surface area contributed by atoms with E-state index in [4.69, 9.17) is 0 Å². The first-order chi connectivity index (χ1) is 15.0. The van der Waals surface area contributed by atoms with Crippen molar-refractivity contribution in [1.82, 2.24) is 19.4 Å². The number of hydrogen-bond donors (Lipinski definition) is 2. The Morgan fingerprint density at radius 1 is 1.10 bits per heavy atom. The number of rotatable bonds is 2. The minimum atomic E-state index is -3.44. The SMILES string of the molecule is CS(=O)(=O)n1ncc2c3c(ccc21)NC(c1ccc2[nH]ncc2c1)[C@@H]1C2CCC(C2)[C@H]31. The van der Waals surface area contributed by atoms with E-state index < -0.39 is 10.0 Å². The third-order valence-electron chi connectivity index (χ3n) is 7.91. The summed E-state index contributed by atoms with van der Waals surface area (Å²) in [4.78, 5) is 0.